The molecule has 0 saturated carbocycles. The van der Waals surface area contributed by atoms with E-state index >= 15 is 0 Å². The van der Waals surface area contributed by atoms with E-state index in [9.17, 15) is 9.59 Å². The van der Waals surface area contributed by atoms with Crippen LogP contribution in [0.4, 0.5) is 0 Å². The predicted octanol–water partition coefficient (Wildman–Crippen LogP) is 3.48. The van der Waals surface area contributed by atoms with Gasteiger partial charge in [-0.15, -0.1) is 0 Å². The molecule has 0 aliphatic rings. The molecule has 26 heavy (non-hydrogen) atoms. The molecular weight excluding hydrogens is 350 g/mol. The first-order valence-corrected chi connectivity index (χ1v) is 8.53. The maximum Gasteiger partial charge on any atom is 0.261 e. The van der Waals surface area contributed by atoms with Crippen molar-refractivity contribution in [2.75, 3.05) is 0 Å². The molecule has 1 aromatic heterocycles. The van der Waals surface area contributed by atoms with Crippen LogP contribution in [0.3, 0.4) is 0 Å². The summed E-state index contributed by atoms with van der Waals surface area (Å²) in [5.41, 5.74) is 1.26. The molecule has 1 N–H and O–H groups in total. The molecule has 1 amide bonds. The van der Waals surface area contributed by atoms with Gasteiger partial charge in [-0.3, -0.25) is 14.2 Å². The zero-order chi connectivity index (χ0) is 18.7. The lowest BCUT2D eigenvalue weighted by Gasteiger charge is -2.16. The first-order chi connectivity index (χ1) is 12.5. The summed E-state index contributed by atoms with van der Waals surface area (Å²) >= 11 is 6.00. The summed E-state index contributed by atoms with van der Waals surface area (Å²) < 4.78 is 1.45. The van der Waals surface area contributed by atoms with E-state index in [1.165, 1.54) is 10.6 Å². The minimum Gasteiger partial charge on any atom is -0.343 e. The molecule has 6 heteroatoms. The highest BCUT2D eigenvalue weighted by molar-refractivity contribution is 6.31. The van der Waals surface area contributed by atoms with Gasteiger partial charge in [0.2, 0.25) is 5.91 Å². The van der Waals surface area contributed by atoms with Gasteiger partial charge in [-0.25, -0.2) is 4.98 Å². The van der Waals surface area contributed by atoms with Crippen LogP contribution in [0.25, 0.3) is 17.0 Å². The zero-order valence-electron chi connectivity index (χ0n) is 14.4. The fourth-order valence-electron chi connectivity index (χ4n) is 2.71. The average Bonchev–Trinajstić information content (AvgIpc) is 2.63. The fraction of sp³-hybridized carbons (Fsp3) is 0.150. The number of carbonyl (C=O) groups is 1. The Morgan fingerprint density at radius 2 is 1.96 bits per heavy atom. The predicted molar refractivity (Wildman–Crippen MR) is 104 cm³/mol. The van der Waals surface area contributed by atoms with Crippen LogP contribution >= 0.6 is 11.6 Å². The highest BCUT2D eigenvalue weighted by Crippen LogP contribution is 2.17. The number of benzene rings is 2. The molecule has 5 nitrogen and oxygen atoms in total. The van der Waals surface area contributed by atoms with Gasteiger partial charge in [0.1, 0.15) is 5.82 Å². The molecule has 0 saturated heterocycles. The van der Waals surface area contributed by atoms with Gasteiger partial charge in [0.25, 0.3) is 5.56 Å². The maximum absolute atomic E-state index is 12.5. The summed E-state index contributed by atoms with van der Waals surface area (Å²) in [6.45, 7) is 1.78. The van der Waals surface area contributed by atoms with Crippen LogP contribution in [0.5, 0.6) is 0 Å². The molecule has 0 radical (unpaired) electrons. The number of amides is 1. The molecule has 0 bridgehead atoms. The molecule has 1 unspecified atom stereocenters. The first-order valence-electron chi connectivity index (χ1n) is 8.15. The number of halogens is 1. The number of hydrogen-bond donors (Lipinski definition) is 1. The summed E-state index contributed by atoms with van der Waals surface area (Å²) in [6, 6.07) is 14.1. The van der Waals surface area contributed by atoms with Crippen LogP contribution in [0.15, 0.2) is 59.4 Å². The van der Waals surface area contributed by atoms with E-state index in [0.717, 1.165) is 5.56 Å². The number of hydrogen-bond acceptors (Lipinski definition) is 3. The lowest BCUT2D eigenvalue weighted by molar-refractivity contribution is -0.117. The van der Waals surface area contributed by atoms with E-state index in [0.29, 0.717) is 21.7 Å². The minimum atomic E-state index is -0.441. The van der Waals surface area contributed by atoms with Gasteiger partial charge in [-0.2, -0.15) is 0 Å². The molecule has 0 aliphatic heterocycles. The fourth-order valence-corrected chi connectivity index (χ4v) is 2.88. The molecule has 3 rings (SSSR count). The van der Waals surface area contributed by atoms with Gasteiger partial charge in [0.05, 0.1) is 16.9 Å². The maximum atomic E-state index is 12.5. The Bertz CT molecular complexity index is 1040. The summed E-state index contributed by atoms with van der Waals surface area (Å²) in [5, 5.41) is 3.83. The monoisotopic (exact) mass is 367 g/mol. The molecule has 1 heterocycles. The van der Waals surface area contributed by atoms with Crippen molar-refractivity contribution in [3.63, 3.8) is 0 Å². The highest BCUT2D eigenvalue weighted by atomic mass is 35.5. The Kier molecular flexibility index (Phi) is 5.19. The Hall–Kier alpha value is -2.92. The summed E-state index contributed by atoms with van der Waals surface area (Å²) in [4.78, 5) is 29.2. The van der Waals surface area contributed by atoms with Gasteiger partial charge < -0.3 is 5.32 Å². The zero-order valence-corrected chi connectivity index (χ0v) is 15.2. The van der Waals surface area contributed by atoms with E-state index in [1.807, 2.05) is 30.3 Å². The number of nitrogens with zero attached hydrogens (tertiary/aromatic N) is 2. The van der Waals surface area contributed by atoms with Crippen LogP contribution in [0.2, 0.25) is 5.02 Å². The third-order valence-corrected chi connectivity index (χ3v) is 4.28. The largest absolute Gasteiger partial charge is 0.343 e. The molecule has 3 aromatic rings. The van der Waals surface area contributed by atoms with Crippen LogP contribution in [0.1, 0.15) is 24.4 Å². The molecular formula is C20H18ClN3O2. The quantitative estimate of drug-likeness (QED) is 0.718. The Balaban J connectivity index is 1.84. The second-order valence-corrected chi connectivity index (χ2v) is 6.41. The minimum absolute atomic E-state index is 0.178. The molecule has 0 aliphatic carbocycles. The molecule has 0 spiro atoms. The van der Waals surface area contributed by atoms with Gasteiger partial charge in [-0.05, 0) is 36.8 Å². The lowest BCUT2D eigenvalue weighted by atomic mass is 10.2. The normalized spacial score (nSPS) is 12.4. The van der Waals surface area contributed by atoms with Crippen LogP contribution < -0.4 is 10.9 Å². The molecule has 2 aromatic carbocycles. The van der Waals surface area contributed by atoms with E-state index in [1.54, 1.807) is 38.2 Å². The third-order valence-electron chi connectivity index (χ3n) is 4.05. The van der Waals surface area contributed by atoms with E-state index in [-0.39, 0.29) is 11.5 Å². The number of nitrogens with one attached hydrogen (secondary N) is 1. The number of rotatable bonds is 4. The average molecular weight is 368 g/mol. The van der Waals surface area contributed by atoms with Crippen molar-refractivity contribution in [3.8, 4) is 0 Å². The molecule has 0 fully saturated rings. The van der Waals surface area contributed by atoms with Crippen LogP contribution in [-0.2, 0) is 11.8 Å². The van der Waals surface area contributed by atoms with Crippen molar-refractivity contribution in [3.05, 3.63) is 81.4 Å². The second-order valence-electron chi connectivity index (χ2n) is 5.97. The number of fused-ring (bicyclic) bond motifs is 1. The summed E-state index contributed by atoms with van der Waals surface area (Å²) in [7, 11) is 1.64. The standard InChI is InChI=1S/C20H18ClN3O2/c1-13(22-18(25)11-8-14-6-4-3-5-7-14)19-23-17-12-15(21)9-10-16(17)20(26)24(19)2/h3-13H,1-2H3,(H,22,25)/b11-8+. The SMILES string of the molecule is CC(NC(=O)/C=C/c1ccccc1)c1nc2cc(Cl)ccc2c(=O)n1C. The van der Waals surface area contributed by atoms with Crippen LogP contribution in [0, 0.1) is 0 Å². The van der Waals surface area contributed by atoms with Crippen molar-refractivity contribution in [2.45, 2.75) is 13.0 Å². The van der Waals surface area contributed by atoms with Crippen LogP contribution in [-0.4, -0.2) is 15.5 Å². The topological polar surface area (TPSA) is 64.0 Å². The summed E-state index contributed by atoms with van der Waals surface area (Å²) in [5.74, 6) is 0.202. The second kappa shape index (κ2) is 7.54. The smallest absolute Gasteiger partial charge is 0.261 e. The Morgan fingerprint density at radius 1 is 1.23 bits per heavy atom. The lowest BCUT2D eigenvalue weighted by Crippen LogP contribution is -2.31. The van der Waals surface area contributed by atoms with Crippen molar-refractivity contribution in [1.82, 2.24) is 14.9 Å². The van der Waals surface area contributed by atoms with E-state index in [2.05, 4.69) is 10.3 Å². The van der Waals surface area contributed by atoms with Crippen molar-refractivity contribution in [1.29, 1.82) is 0 Å². The highest BCUT2D eigenvalue weighted by Gasteiger charge is 2.15. The van der Waals surface area contributed by atoms with Crippen molar-refractivity contribution in [2.24, 2.45) is 7.05 Å². The van der Waals surface area contributed by atoms with Gasteiger partial charge in [0.15, 0.2) is 0 Å². The Labute approximate surface area is 155 Å². The summed E-state index contributed by atoms with van der Waals surface area (Å²) in [6.07, 6.45) is 3.19. The number of aromatic nitrogens is 2. The van der Waals surface area contributed by atoms with Crippen molar-refractivity contribution < 1.29 is 4.79 Å². The Morgan fingerprint density at radius 3 is 2.69 bits per heavy atom. The van der Waals surface area contributed by atoms with Gasteiger partial charge in [0, 0.05) is 18.1 Å². The molecule has 132 valence electrons. The van der Waals surface area contributed by atoms with Gasteiger partial charge in [-0.1, -0.05) is 41.9 Å². The number of carbonyl (C=O) groups excluding carboxylic acids is 1. The van der Waals surface area contributed by atoms with E-state index < -0.39 is 6.04 Å². The van der Waals surface area contributed by atoms with Gasteiger partial charge >= 0.3 is 0 Å². The first kappa shape index (κ1) is 17.9. The van der Waals surface area contributed by atoms with Crippen molar-refractivity contribution >= 4 is 34.5 Å². The van der Waals surface area contributed by atoms with E-state index in [4.69, 9.17) is 11.6 Å². The molecule has 1 atom stereocenters. The third kappa shape index (κ3) is 3.83.